The summed E-state index contributed by atoms with van der Waals surface area (Å²) in [5, 5.41) is 10.5. The molecule has 1 saturated carbocycles. The molecule has 1 aromatic carbocycles. The Hall–Kier alpha value is -1.18. The van der Waals surface area contributed by atoms with Gasteiger partial charge in [0, 0.05) is 31.3 Å². The van der Waals surface area contributed by atoms with E-state index in [0.29, 0.717) is 17.1 Å². The van der Waals surface area contributed by atoms with E-state index in [4.69, 9.17) is 28.1 Å². The van der Waals surface area contributed by atoms with Crippen LogP contribution in [0.15, 0.2) is 24.3 Å². The summed E-state index contributed by atoms with van der Waals surface area (Å²) in [4.78, 5) is 7.90. The summed E-state index contributed by atoms with van der Waals surface area (Å²) >= 11 is 5.04. The van der Waals surface area contributed by atoms with Gasteiger partial charge >= 0.3 is 0 Å². The van der Waals surface area contributed by atoms with Gasteiger partial charge in [-0.3, -0.25) is 4.84 Å². The molecule has 34 heavy (non-hydrogen) atoms. The van der Waals surface area contributed by atoms with Gasteiger partial charge in [-0.1, -0.05) is 12.1 Å². The van der Waals surface area contributed by atoms with Gasteiger partial charge in [-0.2, -0.15) is 12.6 Å². The SMILES string of the molecule is C[C@@H](Oc1cccc(P)c1)c1nnc(C2CCC([C@@H](S)CC3(ON)CCN(C)CC3)CC2)n1C. The number of ether oxygens (including phenoxy) is 1. The predicted molar refractivity (Wildman–Crippen MR) is 143 cm³/mol. The normalized spacial score (nSPS) is 25.1. The number of likely N-dealkylation sites (tertiary alicyclic amines) is 1. The molecule has 1 aliphatic carbocycles. The molecule has 1 saturated heterocycles. The molecule has 2 aliphatic rings. The minimum absolute atomic E-state index is 0.168. The van der Waals surface area contributed by atoms with Gasteiger partial charge in [-0.25, -0.2) is 5.90 Å². The molecule has 2 fully saturated rings. The monoisotopic (exact) mass is 505 g/mol. The Morgan fingerprint density at radius 2 is 1.88 bits per heavy atom. The molecule has 0 bridgehead atoms. The van der Waals surface area contributed by atoms with Crippen LogP contribution in [0.2, 0.25) is 0 Å². The van der Waals surface area contributed by atoms with Crippen LogP contribution in [0.4, 0.5) is 0 Å². The molecular formula is C25H40N5O2PS. The molecule has 1 aliphatic heterocycles. The Bertz CT molecular complexity index is 941. The van der Waals surface area contributed by atoms with Crippen LogP contribution in [-0.4, -0.2) is 50.7 Å². The van der Waals surface area contributed by atoms with E-state index in [9.17, 15) is 0 Å². The van der Waals surface area contributed by atoms with Crippen molar-refractivity contribution in [2.75, 3.05) is 20.1 Å². The van der Waals surface area contributed by atoms with Gasteiger partial charge < -0.3 is 14.2 Å². The minimum Gasteiger partial charge on any atom is -0.483 e. The minimum atomic E-state index is -0.222. The largest absolute Gasteiger partial charge is 0.483 e. The molecule has 188 valence electrons. The Morgan fingerprint density at radius 1 is 1.18 bits per heavy atom. The zero-order valence-electron chi connectivity index (χ0n) is 20.7. The lowest BCUT2D eigenvalue weighted by molar-refractivity contribution is -0.0911. The fourth-order valence-corrected chi connectivity index (χ4v) is 6.52. The number of hydrogen-bond acceptors (Lipinski definition) is 7. The van der Waals surface area contributed by atoms with E-state index in [0.717, 1.165) is 80.7 Å². The van der Waals surface area contributed by atoms with Gasteiger partial charge in [0.05, 0.1) is 5.60 Å². The fourth-order valence-electron chi connectivity index (χ4n) is 5.61. The van der Waals surface area contributed by atoms with Crippen molar-refractivity contribution >= 4 is 27.2 Å². The topological polar surface area (TPSA) is 78.4 Å². The highest BCUT2D eigenvalue weighted by molar-refractivity contribution is 7.81. The van der Waals surface area contributed by atoms with Crippen molar-refractivity contribution in [1.29, 1.82) is 0 Å². The molecular weight excluding hydrogens is 465 g/mol. The zero-order valence-corrected chi connectivity index (χ0v) is 22.7. The van der Waals surface area contributed by atoms with Crippen molar-refractivity contribution in [3.63, 3.8) is 0 Å². The lowest BCUT2D eigenvalue weighted by atomic mass is 9.76. The van der Waals surface area contributed by atoms with Crippen molar-refractivity contribution in [3.8, 4) is 5.75 Å². The molecule has 3 atom stereocenters. The second kappa shape index (κ2) is 11.3. The van der Waals surface area contributed by atoms with Crippen LogP contribution in [0.5, 0.6) is 5.75 Å². The number of nitrogens with zero attached hydrogens (tertiary/aromatic N) is 4. The molecule has 1 unspecified atom stereocenters. The Balaban J connectivity index is 1.33. The molecule has 2 N–H and O–H groups in total. The number of thiol groups is 1. The van der Waals surface area contributed by atoms with E-state index in [1.807, 2.05) is 31.2 Å². The summed E-state index contributed by atoms with van der Waals surface area (Å²) in [6, 6.07) is 8.01. The van der Waals surface area contributed by atoms with Gasteiger partial charge in [0.15, 0.2) is 11.9 Å². The first-order chi connectivity index (χ1) is 16.3. The van der Waals surface area contributed by atoms with Crippen LogP contribution in [-0.2, 0) is 11.9 Å². The quantitative estimate of drug-likeness (QED) is 0.323. The number of aromatic nitrogens is 3. The van der Waals surface area contributed by atoms with Crippen molar-refractivity contribution in [1.82, 2.24) is 19.7 Å². The van der Waals surface area contributed by atoms with E-state index < -0.39 is 0 Å². The van der Waals surface area contributed by atoms with Gasteiger partial charge in [0.2, 0.25) is 0 Å². The van der Waals surface area contributed by atoms with E-state index in [1.54, 1.807) is 0 Å². The number of hydrogen-bond donors (Lipinski definition) is 2. The molecule has 1 aromatic heterocycles. The number of nitrogens with two attached hydrogens (primary N) is 1. The van der Waals surface area contributed by atoms with Crippen LogP contribution >= 0.6 is 21.9 Å². The highest BCUT2D eigenvalue weighted by atomic mass is 32.1. The predicted octanol–water partition coefficient (Wildman–Crippen LogP) is 3.77. The summed E-state index contributed by atoms with van der Waals surface area (Å²) in [6.07, 6.45) is 7.23. The summed E-state index contributed by atoms with van der Waals surface area (Å²) in [7, 11) is 6.93. The second-order valence-corrected chi connectivity index (χ2v) is 11.6. The van der Waals surface area contributed by atoms with Crippen LogP contribution in [0, 0.1) is 5.92 Å². The zero-order chi connectivity index (χ0) is 24.3. The second-order valence-electron chi connectivity index (χ2n) is 10.3. The molecule has 0 amide bonds. The highest BCUT2D eigenvalue weighted by Gasteiger charge is 2.39. The third kappa shape index (κ3) is 5.96. The van der Waals surface area contributed by atoms with Crippen LogP contribution in [0.25, 0.3) is 0 Å². The third-order valence-electron chi connectivity index (χ3n) is 7.89. The first-order valence-electron chi connectivity index (χ1n) is 12.5. The average Bonchev–Trinajstić information content (AvgIpc) is 3.22. The summed E-state index contributed by atoms with van der Waals surface area (Å²) in [6.45, 7) is 4.10. The Morgan fingerprint density at radius 3 is 2.53 bits per heavy atom. The van der Waals surface area contributed by atoms with Crippen molar-refractivity contribution in [3.05, 3.63) is 35.9 Å². The van der Waals surface area contributed by atoms with Crippen molar-refractivity contribution < 1.29 is 9.57 Å². The third-order valence-corrected chi connectivity index (χ3v) is 8.85. The lowest BCUT2D eigenvalue weighted by Crippen LogP contribution is -2.48. The number of rotatable bonds is 8. The van der Waals surface area contributed by atoms with Gasteiger partial charge in [-0.15, -0.1) is 19.4 Å². The van der Waals surface area contributed by atoms with Gasteiger partial charge in [-0.05, 0) is 82.3 Å². The van der Waals surface area contributed by atoms with Crippen molar-refractivity contribution in [2.45, 2.75) is 74.7 Å². The van der Waals surface area contributed by atoms with E-state index in [-0.39, 0.29) is 11.7 Å². The molecule has 2 heterocycles. The maximum Gasteiger partial charge on any atom is 0.173 e. The van der Waals surface area contributed by atoms with Gasteiger partial charge in [0.1, 0.15) is 11.6 Å². The molecule has 2 aromatic rings. The van der Waals surface area contributed by atoms with Gasteiger partial charge in [0.25, 0.3) is 0 Å². The molecule has 9 heteroatoms. The van der Waals surface area contributed by atoms with Crippen LogP contribution in [0.3, 0.4) is 0 Å². The Labute approximate surface area is 211 Å². The van der Waals surface area contributed by atoms with E-state index >= 15 is 0 Å². The summed E-state index contributed by atoms with van der Waals surface area (Å²) < 4.78 is 8.27. The number of piperidine rings is 1. The Kier molecular flexibility index (Phi) is 8.57. The maximum atomic E-state index is 6.14. The number of benzene rings is 1. The molecule has 4 rings (SSSR count). The highest BCUT2D eigenvalue weighted by Crippen LogP contribution is 2.41. The average molecular weight is 506 g/mol. The van der Waals surface area contributed by atoms with E-state index in [1.165, 1.54) is 0 Å². The smallest absolute Gasteiger partial charge is 0.173 e. The summed E-state index contributed by atoms with van der Waals surface area (Å²) in [5.41, 5.74) is -0.222. The maximum absolute atomic E-state index is 6.14. The summed E-state index contributed by atoms with van der Waals surface area (Å²) in [5.74, 6) is 9.56. The first-order valence-corrected chi connectivity index (χ1v) is 13.6. The first kappa shape index (κ1) is 25.9. The van der Waals surface area contributed by atoms with Crippen LogP contribution in [0.1, 0.15) is 75.5 Å². The standard InChI is InChI=1S/C25H40N5O2PS/c1-17(31-20-5-4-6-21(33)15-20)23-27-28-24(30(23)3)19-9-7-18(8-10-19)22(34)16-25(32-26)11-13-29(2)14-12-25/h4-6,15,17-19,22,34H,7-14,16,26,33H2,1-3H3/t17-,18?,19?,22+/m1/s1. The van der Waals surface area contributed by atoms with Crippen molar-refractivity contribution in [2.24, 2.45) is 18.9 Å². The molecule has 0 spiro atoms. The molecule has 0 radical (unpaired) electrons. The van der Waals surface area contributed by atoms with E-state index in [2.05, 4.69) is 43.0 Å². The molecule has 7 nitrogen and oxygen atoms in total. The fraction of sp³-hybridized carbons (Fsp3) is 0.680. The van der Waals surface area contributed by atoms with Crippen LogP contribution < -0.4 is 15.9 Å². The lowest BCUT2D eigenvalue weighted by Gasteiger charge is -2.42.